The van der Waals surface area contributed by atoms with Crippen molar-refractivity contribution < 1.29 is 4.79 Å². The van der Waals surface area contributed by atoms with Crippen LogP contribution in [0.3, 0.4) is 0 Å². The third kappa shape index (κ3) is 3.37. The zero-order valence-electron chi connectivity index (χ0n) is 11.7. The molecular formula is C16H22N2O. The highest BCUT2D eigenvalue weighted by Gasteiger charge is 2.27. The van der Waals surface area contributed by atoms with E-state index in [1.54, 1.807) is 6.08 Å². The normalized spacial score (nSPS) is 23.8. The Hall–Kier alpha value is -1.77. The van der Waals surface area contributed by atoms with Crippen molar-refractivity contribution in [1.82, 2.24) is 4.90 Å². The van der Waals surface area contributed by atoms with Gasteiger partial charge < -0.3 is 10.6 Å². The predicted molar refractivity (Wildman–Crippen MR) is 79.5 cm³/mol. The molecule has 0 aliphatic carbocycles. The van der Waals surface area contributed by atoms with E-state index in [1.165, 1.54) is 6.42 Å². The van der Waals surface area contributed by atoms with Gasteiger partial charge in [-0.15, -0.1) is 0 Å². The second-order valence-electron chi connectivity index (χ2n) is 5.37. The van der Waals surface area contributed by atoms with Crippen LogP contribution in [0.2, 0.25) is 0 Å². The number of rotatable bonds is 2. The lowest BCUT2D eigenvalue weighted by atomic mass is 9.97. The molecule has 3 nitrogen and oxygen atoms in total. The van der Waals surface area contributed by atoms with Gasteiger partial charge in [0.05, 0.1) is 0 Å². The molecule has 1 saturated heterocycles. The monoisotopic (exact) mass is 258 g/mol. The molecule has 1 aliphatic rings. The summed E-state index contributed by atoms with van der Waals surface area (Å²) in [5, 5.41) is 0. The minimum absolute atomic E-state index is 0.108. The van der Waals surface area contributed by atoms with Crippen LogP contribution in [0.4, 0.5) is 5.69 Å². The van der Waals surface area contributed by atoms with E-state index in [1.807, 2.05) is 35.2 Å². The summed E-state index contributed by atoms with van der Waals surface area (Å²) in [7, 11) is 0. The zero-order chi connectivity index (χ0) is 13.8. The van der Waals surface area contributed by atoms with Crippen LogP contribution >= 0.6 is 0 Å². The first kappa shape index (κ1) is 13.7. The lowest BCUT2D eigenvalue weighted by molar-refractivity contribution is -0.131. The molecule has 0 bridgehead atoms. The molecule has 0 saturated carbocycles. The Morgan fingerprint density at radius 3 is 2.37 bits per heavy atom. The molecule has 2 atom stereocenters. The SMILES string of the molecule is C[C@@H]1CCC[C@H](C)N1C(=O)/C=C/c1ccc(N)cc1. The summed E-state index contributed by atoms with van der Waals surface area (Å²) in [4.78, 5) is 14.3. The summed E-state index contributed by atoms with van der Waals surface area (Å²) in [6.45, 7) is 4.26. The van der Waals surface area contributed by atoms with Crippen molar-refractivity contribution in [3.63, 3.8) is 0 Å². The molecular weight excluding hydrogens is 236 g/mol. The molecule has 0 spiro atoms. The van der Waals surface area contributed by atoms with Gasteiger partial charge in [0.25, 0.3) is 0 Å². The second kappa shape index (κ2) is 5.91. The number of nitrogen functional groups attached to an aromatic ring is 1. The Kier molecular flexibility index (Phi) is 4.25. The number of nitrogens with two attached hydrogens (primary N) is 1. The van der Waals surface area contributed by atoms with E-state index >= 15 is 0 Å². The number of carbonyl (C=O) groups is 1. The van der Waals surface area contributed by atoms with Crippen LogP contribution in [0.15, 0.2) is 30.3 Å². The lowest BCUT2D eigenvalue weighted by Gasteiger charge is -2.38. The van der Waals surface area contributed by atoms with Crippen molar-refractivity contribution >= 4 is 17.7 Å². The molecule has 19 heavy (non-hydrogen) atoms. The first-order valence-electron chi connectivity index (χ1n) is 6.94. The average Bonchev–Trinajstić information content (AvgIpc) is 2.38. The second-order valence-corrected chi connectivity index (χ2v) is 5.37. The number of hydrogen-bond donors (Lipinski definition) is 1. The summed E-state index contributed by atoms with van der Waals surface area (Å²) >= 11 is 0. The topological polar surface area (TPSA) is 46.3 Å². The van der Waals surface area contributed by atoms with Gasteiger partial charge in [-0.1, -0.05) is 12.1 Å². The molecule has 0 aromatic heterocycles. The van der Waals surface area contributed by atoms with Crippen molar-refractivity contribution in [1.29, 1.82) is 0 Å². The van der Waals surface area contributed by atoms with Gasteiger partial charge in [0.2, 0.25) is 5.91 Å². The van der Waals surface area contributed by atoms with E-state index in [0.29, 0.717) is 12.1 Å². The highest BCUT2D eigenvalue weighted by molar-refractivity contribution is 5.92. The summed E-state index contributed by atoms with van der Waals surface area (Å²) in [5.74, 6) is 0.108. The van der Waals surface area contributed by atoms with Crippen LogP contribution in [0, 0.1) is 0 Å². The largest absolute Gasteiger partial charge is 0.399 e. The average molecular weight is 258 g/mol. The van der Waals surface area contributed by atoms with Gasteiger partial charge in [0, 0.05) is 23.8 Å². The number of hydrogen-bond acceptors (Lipinski definition) is 2. The van der Waals surface area contributed by atoms with Crippen LogP contribution in [-0.4, -0.2) is 22.9 Å². The number of nitrogens with zero attached hydrogens (tertiary/aromatic N) is 1. The lowest BCUT2D eigenvalue weighted by Crippen LogP contribution is -2.46. The van der Waals surface area contributed by atoms with Gasteiger partial charge in [0.15, 0.2) is 0 Å². The van der Waals surface area contributed by atoms with Crippen LogP contribution < -0.4 is 5.73 Å². The molecule has 2 rings (SSSR count). The van der Waals surface area contributed by atoms with Crippen molar-refractivity contribution in [2.24, 2.45) is 0 Å². The third-order valence-electron chi connectivity index (χ3n) is 3.80. The Bertz CT molecular complexity index is 454. The van der Waals surface area contributed by atoms with Crippen molar-refractivity contribution in [3.05, 3.63) is 35.9 Å². The highest BCUT2D eigenvalue weighted by Crippen LogP contribution is 2.22. The molecule has 1 aliphatic heterocycles. The van der Waals surface area contributed by atoms with Gasteiger partial charge >= 0.3 is 0 Å². The van der Waals surface area contributed by atoms with E-state index in [0.717, 1.165) is 24.1 Å². The smallest absolute Gasteiger partial charge is 0.247 e. The maximum absolute atomic E-state index is 12.3. The number of carbonyl (C=O) groups excluding carboxylic acids is 1. The van der Waals surface area contributed by atoms with Crippen molar-refractivity contribution in [2.45, 2.75) is 45.2 Å². The first-order chi connectivity index (χ1) is 9.08. The maximum atomic E-state index is 12.3. The Balaban J connectivity index is 2.05. The van der Waals surface area contributed by atoms with Crippen LogP contribution in [0.25, 0.3) is 6.08 Å². The van der Waals surface area contributed by atoms with E-state index in [-0.39, 0.29) is 5.91 Å². The molecule has 0 radical (unpaired) electrons. The molecule has 1 aromatic carbocycles. The van der Waals surface area contributed by atoms with Gasteiger partial charge in [-0.05, 0) is 56.9 Å². The molecule has 1 aromatic rings. The quantitative estimate of drug-likeness (QED) is 0.654. The minimum Gasteiger partial charge on any atom is -0.399 e. The number of benzene rings is 1. The van der Waals surface area contributed by atoms with E-state index < -0.39 is 0 Å². The zero-order valence-corrected chi connectivity index (χ0v) is 11.7. The van der Waals surface area contributed by atoms with E-state index in [2.05, 4.69) is 13.8 Å². The minimum atomic E-state index is 0.108. The Morgan fingerprint density at radius 2 is 1.79 bits per heavy atom. The fourth-order valence-corrected chi connectivity index (χ4v) is 2.72. The third-order valence-corrected chi connectivity index (χ3v) is 3.80. The van der Waals surface area contributed by atoms with Crippen molar-refractivity contribution in [3.8, 4) is 0 Å². The number of anilines is 1. The standard InChI is InChI=1S/C16H22N2O/c1-12-4-3-5-13(2)18(12)16(19)11-8-14-6-9-15(17)10-7-14/h6-13H,3-5,17H2,1-2H3/b11-8+/t12-,13+. The fraction of sp³-hybridized carbons (Fsp3) is 0.438. The van der Waals surface area contributed by atoms with E-state index in [9.17, 15) is 4.79 Å². The molecule has 1 fully saturated rings. The summed E-state index contributed by atoms with van der Waals surface area (Å²) in [6.07, 6.45) is 6.95. The summed E-state index contributed by atoms with van der Waals surface area (Å²) in [6, 6.07) is 8.20. The van der Waals surface area contributed by atoms with Gasteiger partial charge in [-0.25, -0.2) is 0 Å². The fourth-order valence-electron chi connectivity index (χ4n) is 2.72. The van der Waals surface area contributed by atoms with Gasteiger partial charge in [0.1, 0.15) is 0 Å². The summed E-state index contributed by atoms with van der Waals surface area (Å²) < 4.78 is 0. The van der Waals surface area contributed by atoms with Gasteiger partial charge in [-0.2, -0.15) is 0 Å². The Morgan fingerprint density at radius 1 is 1.21 bits per heavy atom. The van der Waals surface area contributed by atoms with Crippen molar-refractivity contribution in [2.75, 3.05) is 5.73 Å². The molecule has 102 valence electrons. The highest BCUT2D eigenvalue weighted by atomic mass is 16.2. The molecule has 1 heterocycles. The molecule has 3 heteroatoms. The first-order valence-corrected chi connectivity index (χ1v) is 6.94. The molecule has 1 amide bonds. The van der Waals surface area contributed by atoms with E-state index in [4.69, 9.17) is 5.73 Å². The number of likely N-dealkylation sites (tertiary alicyclic amines) is 1. The van der Waals surface area contributed by atoms with Gasteiger partial charge in [-0.3, -0.25) is 4.79 Å². The van der Waals surface area contributed by atoms with Crippen LogP contribution in [-0.2, 0) is 4.79 Å². The molecule has 2 N–H and O–H groups in total. The number of amides is 1. The Labute approximate surface area is 115 Å². The molecule has 0 unspecified atom stereocenters. The maximum Gasteiger partial charge on any atom is 0.247 e. The van der Waals surface area contributed by atoms with Crippen LogP contribution in [0.1, 0.15) is 38.7 Å². The predicted octanol–water partition coefficient (Wildman–Crippen LogP) is 3.07. The summed E-state index contributed by atoms with van der Waals surface area (Å²) in [5.41, 5.74) is 7.37. The number of piperidine rings is 1. The van der Waals surface area contributed by atoms with Crippen LogP contribution in [0.5, 0.6) is 0 Å².